The molecule has 0 N–H and O–H groups in total. The summed E-state index contributed by atoms with van der Waals surface area (Å²) in [7, 11) is -0.0673. The van der Waals surface area contributed by atoms with E-state index in [0.29, 0.717) is 19.7 Å². The Balaban J connectivity index is 2.05. The Kier molecular flexibility index (Phi) is 7.02. The molecule has 1 aliphatic heterocycles. The quantitative estimate of drug-likeness (QED) is 0.684. The number of ether oxygens (including phenoxy) is 1. The molecule has 0 radical (unpaired) electrons. The van der Waals surface area contributed by atoms with Crippen LogP contribution in [0.3, 0.4) is 0 Å². The molecule has 1 fully saturated rings. The average Bonchev–Trinajstić information content (AvgIpc) is 2.56. The Morgan fingerprint density at radius 2 is 2.00 bits per heavy atom. The second-order valence-electron chi connectivity index (χ2n) is 6.14. The average molecular weight is 340 g/mol. The first-order valence-corrected chi connectivity index (χ1v) is 9.71. The molecule has 1 aromatic rings. The molecule has 0 spiro atoms. The molecule has 0 amide bonds. The van der Waals surface area contributed by atoms with Crippen molar-refractivity contribution in [1.29, 1.82) is 0 Å². The third-order valence-corrected chi connectivity index (χ3v) is 6.39. The molecule has 6 heteroatoms. The van der Waals surface area contributed by atoms with E-state index in [-0.39, 0.29) is 6.04 Å². The van der Waals surface area contributed by atoms with Gasteiger partial charge in [-0.3, -0.25) is 0 Å². The predicted molar refractivity (Wildman–Crippen MR) is 92.3 cm³/mol. The summed E-state index contributed by atoms with van der Waals surface area (Å²) >= 11 is 0. The largest absolute Gasteiger partial charge is 0.385 e. The van der Waals surface area contributed by atoms with Crippen molar-refractivity contribution in [2.75, 3.05) is 27.3 Å². The van der Waals surface area contributed by atoms with Crippen LogP contribution in [-0.4, -0.2) is 50.4 Å². The van der Waals surface area contributed by atoms with Gasteiger partial charge in [0.15, 0.2) is 0 Å². The lowest BCUT2D eigenvalue weighted by molar-refractivity contribution is 0.169. The third-order valence-electron chi connectivity index (χ3n) is 4.40. The summed E-state index contributed by atoms with van der Waals surface area (Å²) < 4.78 is 34.2. The second kappa shape index (κ2) is 8.78. The van der Waals surface area contributed by atoms with Gasteiger partial charge in [0.2, 0.25) is 0 Å². The van der Waals surface area contributed by atoms with Crippen LogP contribution in [-0.2, 0) is 21.5 Å². The van der Waals surface area contributed by atoms with Crippen LogP contribution in [0.25, 0.3) is 0 Å². The summed E-state index contributed by atoms with van der Waals surface area (Å²) in [5, 5.41) is 0. The molecule has 0 aliphatic carbocycles. The Hall–Kier alpha value is -0.950. The van der Waals surface area contributed by atoms with Crippen LogP contribution < -0.4 is 0 Å². The number of nitrogens with zero attached hydrogens (tertiary/aromatic N) is 2. The second-order valence-corrected chi connectivity index (χ2v) is 8.13. The molecule has 0 bridgehead atoms. The lowest BCUT2D eigenvalue weighted by atomic mass is 10.0. The molecular formula is C17H28N2O3S. The summed E-state index contributed by atoms with van der Waals surface area (Å²) in [6, 6.07) is 9.82. The summed E-state index contributed by atoms with van der Waals surface area (Å²) in [6.07, 6.45) is 4.76. The molecule has 0 unspecified atom stereocenters. The highest BCUT2D eigenvalue weighted by atomic mass is 32.2. The number of piperidine rings is 1. The number of hydrogen-bond donors (Lipinski definition) is 0. The van der Waals surface area contributed by atoms with Crippen LogP contribution in [0.2, 0.25) is 0 Å². The van der Waals surface area contributed by atoms with Crippen molar-refractivity contribution < 1.29 is 13.2 Å². The SMILES string of the molecule is COCCC[C@H]1CCCCN1S(=O)(=O)N(C)Cc1ccccc1. The lowest BCUT2D eigenvalue weighted by Gasteiger charge is -2.37. The van der Waals surface area contributed by atoms with E-state index in [4.69, 9.17) is 4.74 Å². The maximum Gasteiger partial charge on any atom is 0.282 e. The smallest absolute Gasteiger partial charge is 0.282 e. The van der Waals surface area contributed by atoms with Crippen molar-refractivity contribution in [3.63, 3.8) is 0 Å². The molecule has 23 heavy (non-hydrogen) atoms. The van der Waals surface area contributed by atoms with E-state index in [9.17, 15) is 8.42 Å². The van der Waals surface area contributed by atoms with E-state index >= 15 is 0 Å². The molecule has 1 saturated heterocycles. The minimum Gasteiger partial charge on any atom is -0.385 e. The molecule has 1 heterocycles. The van der Waals surface area contributed by atoms with Crippen LogP contribution in [0.15, 0.2) is 30.3 Å². The third kappa shape index (κ3) is 5.01. The molecule has 0 saturated carbocycles. The lowest BCUT2D eigenvalue weighted by Crippen LogP contribution is -2.49. The van der Waals surface area contributed by atoms with Crippen LogP contribution in [0.4, 0.5) is 0 Å². The zero-order chi connectivity index (χ0) is 16.7. The maximum atomic E-state index is 13.0. The van der Waals surface area contributed by atoms with Gasteiger partial charge in [-0.05, 0) is 31.2 Å². The van der Waals surface area contributed by atoms with Crippen molar-refractivity contribution in [1.82, 2.24) is 8.61 Å². The predicted octanol–water partition coefficient (Wildman–Crippen LogP) is 2.64. The van der Waals surface area contributed by atoms with Crippen LogP contribution in [0.1, 0.15) is 37.7 Å². The molecule has 0 aromatic heterocycles. The number of methoxy groups -OCH3 is 1. The van der Waals surface area contributed by atoms with Crippen molar-refractivity contribution in [3.05, 3.63) is 35.9 Å². The summed E-state index contributed by atoms with van der Waals surface area (Å²) in [5.74, 6) is 0. The van der Waals surface area contributed by atoms with Crippen molar-refractivity contribution in [2.45, 2.75) is 44.7 Å². The highest BCUT2D eigenvalue weighted by Crippen LogP contribution is 2.25. The maximum absolute atomic E-state index is 13.0. The molecule has 5 nitrogen and oxygen atoms in total. The van der Waals surface area contributed by atoms with E-state index in [2.05, 4.69) is 0 Å². The zero-order valence-electron chi connectivity index (χ0n) is 14.1. The van der Waals surface area contributed by atoms with Gasteiger partial charge in [0, 0.05) is 39.9 Å². The Morgan fingerprint density at radius 1 is 1.26 bits per heavy atom. The van der Waals surface area contributed by atoms with Crippen LogP contribution in [0.5, 0.6) is 0 Å². The molecule has 2 rings (SSSR count). The van der Waals surface area contributed by atoms with Gasteiger partial charge in [-0.2, -0.15) is 17.0 Å². The van der Waals surface area contributed by atoms with Crippen LogP contribution >= 0.6 is 0 Å². The highest BCUT2D eigenvalue weighted by molar-refractivity contribution is 7.86. The number of hydrogen-bond acceptors (Lipinski definition) is 3. The van der Waals surface area contributed by atoms with Crippen molar-refractivity contribution in [3.8, 4) is 0 Å². The molecular weight excluding hydrogens is 312 g/mol. The Bertz CT molecular complexity index is 562. The molecule has 1 atom stereocenters. The van der Waals surface area contributed by atoms with E-state index in [1.54, 1.807) is 18.5 Å². The van der Waals surface area contributed by atoms with E-state index in [1.807, 2.05) is 30.3 Å². The summed E-state index contributed by atoms with van der Waals surface area (Å²) in [5.41, 5.74) is 1.01. The first-order chi connectivity index (χ1) is 11.1. The van der Waals surface area contributed by atoms with Gasteiger partial charge in [0.05, 0.1) is 0 Å². The van der Waals surface area contributed by atoms with Gasteiger partial charge < -0.3 is 4.74 Å². The first kappa shape index (κ1) is 18.4. The summed E-state index contributed by atoms with van der Waals surface area (Å²) in [4.78, 5) is 0. The van der Waals surface area contributed by atoms with Gasteiger partial charge in [0.1, 0.15) is 0 Å². The van der Waals surface area contributed by atoms with Crippen molar-refractivity contribution >= 4 is 10.2 Å². The Morgan fingerprint density at radius 3 is 2.70 bits per heavy atom. The van der Waals surface area contributed by atoms with E-state index in [0.717, 1.165) is 37.7 Å². The molecule has 1 aromatic carbocycles. The van der Waals surface area contributed by atoms with E-state index in [1.165, 1.54) is 4.31 Å². The molecule has 130 valence electrons. The zero-order valence-corrected chi connectivity index (χ0v) is 15.0. The van der Waals surface area contributed by atoms with Gasteiger partial charge in [-0.1, -0.05) is 36.8 Å². The number of rotatable bonds is 8. The summed E-state index contributed by atoms with van der Waals surface area (Å²) in [6.45, 7) is 1.72. The molecule has 1 aliphatic rings. The van der Waals surface area contributed by atoms with Gasteiger partial charge in [-0.25, -0.2) is 0 Å². The topological polar surface area (TPSA) is 49.9 Å². The fourth-order valence-corrected chi connectivity index (χ4v) is 4.75. The van der Waals surface area contributed by atoms with Gasteiger partial charge >= 0.3 is 0 Å². The highest BCUT2D eigenvalue weighted by Gasteiger charge is 2.34. The standard InChI is InChI=1S/C17H28N2O3S/c1-18(15-16-9-4-3-5-10-16)23(20,21)19-13-7-6-11-17(19)12-8-14-22-2/h3-5,9-10,17H,6-8,11-15H2,1-2H3/t17-/m1/s1. The van der Waals surface area contributed by atoms with Gasteiger partial charge in [-0.15, -0.1) is 0 Å². The first-order valence-electron chi connectivity index (χ1n) is 8.31. The minimum absolute atomic E-state index is 0.0992. The fraction of sp³-hybridized carbons (Fsp3) is 0.647. The number of benzene rings is 1. The van der Waals surface area contributed by atoms with Crippen LogP contribution in [0, 0.1) is 0 Å². The van der Waals surface area contributed by atoms with E-state index < -0.39 is 10.2 Å². The normalized spacial score (nSPS) is 20.0. The minimum atomic E-state index is -3.42. The Labute approximate surface area is 140 Å². The monoisotopic (exact) mass is 340 g/mol. The van der Waals surface area contributed by atoms with Crippen molar-refractivity contribution in [2.24, 2.45) is 0 Å². The van der Waals surface area contributed by atoms with Gasteiger partial charge in [0.25, 0.3) is 10.2 Å². The fourth-order valence-electron chi connectivity index (χ4n) is 3.13.